The van der Waals surface area contributed by atoms with E-state index in [9.17, 15) is 0 Å². The van der Waals surface area contributed by atoms with Gasteiger partial charge in [-0.25, -0.2) is 0 Å². The molecule has 0 aliphatic carbocycles. The number of ether oxygens (including phenoxy) is 3. The second-order valence-corrected chi connectivity index (χ2v) is 8.20. The molecule has 2 N–H and O–H groups in total. The van der Waals surface area contributed by atoms with Crippen LogP contribution in [0.1, 0.15) is 51.1 Å². The number of hydrogen-bond donors (Lipinski definition) is 2. The number of nitrogens with zero attached hydrogens (tertiary/aromatic N) is 2. The zero-order chi connectivity index (χ0) is 21.4. The monoisotopic (exact) mass is 546 g/mol. The fourth-order valence-corrected chi connectivity index (χ4v) is 4.52. The van der Waals surface area contributed by atoms with Crippen molar-refractivity contribution in [1.29, 1.82) is 0 Å². The first-order valence-electron chi connectivity index (χ1n) is 11.2. The molecule has 2 saturated heterocycles. The second-order valence-electron chi connectivity index (χ2n) is 8.20. The fourth-order valence-electron chi connectivity index (χ4n) is 4.52. The third kappa shape index (κ3) is 6.61. The molecule has 0 radical (unpaired) electrons. The fraction of sp³-hybridized carbons (Fsp3) is 0.696. The van der Waals surface area contributed by atoms with Gasteiger partial charge in [-0.1, -0.05) is 0 Å². The van der Waals surface area contributed by atoms with Gasteiger partial charge < -0.3 is 24.8 Å². The molecule has 1 aromatic carbocycles. The summed E-state index contributed by atoms with van der Waals surface area (Å²) >= 11 is 0. The third-order valence-corrected chi connectivity index (χ3v) is 6.33. The van der Waals surface area contributed by atoms with E-state index in [0.717, 1.165) is 62.2 Å². The Morgan fingerprint density at radius 2 is 1.90 bits per heavy atom. The molecule has 1 unspecified atom stereocenters. The summed E-state index contributed by atoms with van der Waals surface area (Å²) in [6, 6.07) is 5.90. The molecule has 2 aliphatic rings. The molecule has 2 fully saturated rings. The second kappa shape index (κ2) is 12.7. The minimum absolute atomic E-state index is 0. The Balaban J connectivity index is 0.00000341. The van der Waals surface area contributed by atoms with Gasteiger partial charge in [0.2, 0.25) is 0 Å². The largest absolute Gasteiger partial charge is 0.497 e. The van der Waals surface area contributed by atoms with Gasteiger partial charge in [0.25, 0.3) is 0 Å². The smallest absolute Gasteiger partial charge is 0.191 e. The predicted molar refractivity (Wildman–Crippen MR) is 136 cm³/mol. The van der Waals surface area contributed by atoms with Gasteiger partial charge in [-0.2, -0.15) is 0 Å². The van der Waals surface area contributed by atoms with E-state index in [0.29, 0.717) is 0 Å². The lowest BCUT2D eigenvalue weighted by molar-refractivity contribution is -0.0139. The molecule has 1 aromatic rings. The summed E-state index contributed by atoms with van der Waals surface area (Å²) in [5.74, 6) is 2.49. The summed E-state index contributed by atoms with van der Waals surface area (Å²) in [6.45, 7) is 9.82. The molecule has 0 aromatic heterocycles. The van der Waals surface area contributed by atoms with Crippen LogP contribution in [0.25, 0.3) is 0 Å². The van der Waals surface area contributed by atoms with Gasteiger partial charge in [0.1, 0.15) is 11.5 Å². The molecule has 2 aliphatic heterocycles. The Labute approximate surface area is 204 Å². The van der Waals surface area contributed by atoms with E-state index in [2.05, 4.69) is 29.4 Å². The molecule has 0 saturated carbocycles. The number of rotatable bonds is 8. The van der Waals surface area contributed by atoms with Crippen molar-refractivity contribution in [3.05, 3.63) is 23.8 Å². The number of likely N-dealkylation sites (tertiary alicyclic amines) is 1. The molecule has 2 heterocycles. The van der Waals surface area contributed by atoms with Crippen LogP contribution < -0.4 is 20.1 Å². The average molecular weight is 546 g/mol. The Morgan fingerprint density at radius 3 is 2.52 bits per heavy atom. The first-order chi connectivity index (χ1) is 14.6. The van der Waals surface area contributed by atoms with E-state index in [4.69, 9.17) is 19.2 Å². The Kier molecular flexibility index (Phi) is 10.6. The summed E-state index contributed by atoms with van der Waals surface area (Å²) in [6.07, 6.45) is 4.68. The number of benzene rings is 1. The minimum atomic E-state index is 0. The maximum atomic E-state index is 5.68. The van der Waals surface area contributed by atoms with Crippen molar-refractivity contribution in [2.24, 2.45) is 4.99 Å². The van der Waals surface area contributed by atoms with E-state index in [1.165, 1.54) is 25.9 Å². The van der Waals surface area contributed by atoms with Crippen molar-refractivity contribution in [3.8, 4) is 11.5 Å². The van der Waals surface area contributed by atoms with Crippen LogP contribution >= 0.6 is 24.0 Å². The topological polar surface area (TPSA) is 67.4 Å². The van der Waals surface area contributed by atoms with Crippen LogP contribution in [-0.2, 0) is 4.74 Å². The van der Waals surface area contributed by atoms with E-state index < -0.39 is 0 Å². The van der Waals surface area contributed by atoms with Crippen molar-refractivity contribution in [2.75, 3.05) is 53.6 Å². The number of nitrogens with one attached hydrogen (secondary N) is 2. The standard InChI is InChI=1S/C23H38N4O3.HI/c1-5-24-22(26-18(2)20-16-19(28-3)8-9-21(20)29-4)25-17-23(10-14-30-15-11-23)27-12-6-7-13-27;/h8-9,16,18H,5-7,10-15,17H2,1-4H3,(H2,24,25,26);1H. The zero-order valence-corrected chi connectivity index (χ0v) is 21.7. The number of hydrogen-bond acceptors (Lipinski definition) is 5. The van der Waals surface area contributed by atoms with Crippen LogP contribution in [0.4, 0.5) is 0 Å². The summed E-state index contributed by atoms with van der Waals surface area (Å²) in [7, 11) is 3.38. The first-order valence-corrected chi connectivity index (χ1v) is 11.2. The highest BCUT2D eigenvalue weighted by Gasteiger charge is 2.39. The van der Waals surface area contributed by atoms with Crippen LogP contribution in [0, 0.1) is 0 Å². The lowest BCUT2D eigenvalue weighted by Gasteiger charge is -2.43. The predicted octanol–water partition coefficient (Wildman–Crippen LogP) is 3.58. The van der Waals surface area contributed by atoms with Gasteiger partial charge in [0.05, 0.1) is 26.8 Å². The lowest BCUT2D eigenvalue weighted by Crippen LogP contribution is -2.54. The molecule has 0 spiro atoms. The molecule has 176 valence electrons. The zero-order valence-electron chi connectivity index (χ0n) is 19.4. The highest BCUT2D eigenvalue weighted by atomic mass is 127. The Hall–Kier alpha value is -1.26. The van der Waals surface area contributed by atoms with Gasteiger partial charge in [-0.05, 0) is 70.8 Å². The van der Waals surface area contributed by atoms with Crippen LogP contribution in [0.15, 0.2) is 23.2 Å². The van der Waals surface area contributed by atoms with Gasteiger partial charge >= 0.3 is 0 Å². The van der Waals surface area contributed by atoms with Crippen molar-refractivity contribution in [1.82, 2.24) is 15.5 Å². The number of halogens is 1. The van der Waals surface area contributed by atoms with Crippen molar-refractivity contribution < 1.29 is 14.2 Å². The van der Waals surface area contributed by atoms with Crippen molar-refractivity contribution in [3.63, 3.8) is 0 Å². The quantitative estimate of drug-likeness (QED) is 0.295. The van der Waals surface area contributed by atoms with Crippen LogP contribution in [0.2, 0.25) is 0 Å². The summed E-state index contributed by atoms with van der Waals surface area (Å²) < 4.78 is 16.7. The number of aliphatic imine (C=N–C) groups is 1. The molecular formula is C23H39IN4O3. The molecule has 0 amide bonds. The molecule has 0 bridgehead atoms. The molecule has 7 nitrogen and oxygen atoms in total. The maximum absolute atomic E-state index is 5.68. The highest BCUT2D eigenvalue weighted by molar-refractivity contribution is 14.0. The average Bonchev–Trinajstić information content (AvgIpc) is 3.33. The molecular weight excluding hydrogens is 507 g/mol. The van der Waals surface area contributed by atoms with Gasteiger partial charge in [-0.3, -0.25) is 9.89 Å². The Bertz CT molecular complexity index is 704. The van der Waals surface area contributed by atoms with Crippen molar-refractivity contribution in [2.45, 2.75) is 51.1 Å². The highest BCUT2D eigenvalue weighted by Crippen LogP contribution is 2.32. The van der Waals surface area contributed by atoms with Crippen LogP contribution in [-0.4, -0.2) is 70.0 Å². The van der Waals surface area contributed by atoms with Crippen LogP contribution in [0.3, 0.4) is 0 Å². The minimum Gasteiger partial charge on any atom is -0.497 e. The summed E-state index contributed by atoms with van der Waals surface area (Å²) in [5.41, 5.74) is 1.16. The molecule has 31 heavy (non-hydrogen) atoms. The Morgan fingerprint density at radius 1 is 1.19 bits per heavy atom. The van der Waals surface area contributed by atoms with E-state index in [1.807, 2.05) is 18.2 Å². The summed E-state index contributed by atoms with van der Waals surface area (Å²) in [5, 5.41) is 6.97. The van der Waals surface area contributed by atoms with Gasteiger partial charge in [0, 0.05) is 30.9 Å². The normalized spacial score (nSPS) is 19.9. The first kappa shape index (κ1) is 26.0. The summed E-state index contributed by atoms with van der Waals surface area (Å²) in [4.78, 5) is 7.69. The van der Waals surface area contributed by atoms with E-state index in [1.54, 1.807) is 14.2 Å². The maximum Gasteiger partial charge on any atom is 0.191 e. The molecule has 1 atom stereocenters. The third-order valence-electron chi connectivity index (χ3n) is 6.33. The van der Waals surface area contributed by atoms with Crippen LogP contribution in [0.5, 0.6) is 11.5 Å². The number of guanidine groups is 1. The molecule has 8 heteroatoms. The van der Waals surface area contributed by atoms with Gasteiger partial charge in [0.15, 0.2) is 5.96 Å². The van der Waals surface area contributed by atoms with E-state index >= 15 is 0 Å². The van der Waals surface area contributed by atoms with Crippen molar-refractivity contribution >= 4 is 29.9 Å². The van der Waals surface area contributed by atoms with E-state index in [-0.39, 0.29) is 35.6 Å². The molecule has 3 rings (SSSR count). The van der Waals surface area contributed by atoms with Gasteiger partial charge in [-0.15, -0.1) is 24.0 Å². The SMILES string of the molecule is CCNC(=NCC1(N2CCCC2)CCOCC1)NC(C)c1cc(OC)ccc1OC.I. The number of methoxy groups -OCH3 is 2. The lowest BCUT2D eigenvalue weighted by atomic mass is 9.88.